The van der Waals surface area contributed by atoms with Gasteiger partial charge in [0, 0.05) is 17.5 Å². The number of hydrogen-bond donors (Lipinski definition) is 1. The van der Waals surface area contributed by atoms with Gasteiger partial charge in [-0.2, -0.15) is 0 Å². The van der Waals surface area contributed by atoms with Gasteiger partial charge < -0.3 is 10.2 Å². The van der Waals surface area contributed by atoms with Crippen LogP contribution in [0.2, 0.25) is 0 Å². The van der Waals surface area contributed by atoms with Gasteiger partial charge >= 0.3 is 0 Å². The fourth-order valence-corrected chi connectivity index (χ4v) is 3.68. The van der Waals surface area contributed by atoms with Crippen molar-refractivity contribution in [2.45, 2.75) is 52.1 Å². The second-order valence-corrected chi connectivity index (χ2v) is 6.22. The van der Waals surface area contributed by atoms with Gasteiger partial charge in [-0.05, 0) is 62.3 Å². The Labute approximate surface area is 115 Å². The summed E-state index contributed by atoms with van der Waals surface area (Å²) < 4.78 is 0. The minimum atomic E-state index is 0.727. The predicted octanol–water partition coefficient (Wildman–Crippen LogP) is 3.27. The van der Waals surface area contributed by atoms with Crippen LogP contribution in [0.15, 0.2) is 11.4 Å². The highest BCUT2D eigenvalue weighted by Gasteiger charge is 2.18. The molecule has 2 heterocycles. The zero-order valence-electron chi connectivity index (χ0n) is 11.7. The average molecular weight is 266 g/mol. The number of likely N-dealkylation sites (tertiary alicyclic amines) is 1. The van der Waals surface area contributed by atoms with Crippen LogP contribution in [0, 0.1) is 0 Å². The summed E-state index contributed by atoms with van der Waals surface area (Å²) in [7, 11) is 0. The molecule has 1 aromatic heterocycles. The van der Waals surface area contributed by atoms with Gasteiger partial charge in [-0.3, -0.25) is 0 Å². The van der Waals surface area contributed by atoms with Gasteiger partial charge in [-0.15, -0.1) is 11.3 Å². The Hall–Kier alpha value is -0.380. The van der Waals surface area contributed by atoms with Crippen molar-refractivity contribution >= 4 is 11.3 Å². The summed E-state index contributed by atoms with van der Waals surface area (Å²) in [5.41, 5.74) is 1.52. The summed E-state index contributed by atoms with van der Waals surface area (Å²) in [5.74, 6) is 0. The molecule has 0 unspecified atom stereocenters. The maximum atomic E-state index is 3.75. The molecule has 1 aliphatic heterocycles. The van der Waals surface area contributed by atoms with E-state index in [9.17, 15) is 0 Å². The van der Waals surface area contributed by atoms with Crippen molar-refractivity contribution in [3.63, 3.8) is 0 Å². The van der Waals surface area contributed by atoms with E-state index in [0.717, 1.165) is 19.0 Å². The molecule has 1 fully saturated rings. The van der Waals surface area contributed by atoms with E-state index in [0.29, 0.717) is 0 Å². The highest BCUT2D eigenvalue weighted by Crippen LogP contribution is 2.18. The van der Waals surface area contributed by atoms with Gasteiger partial charge in [0.25, 0.3) is 0 Å². The summed E-state index contributed by atoms with van der Waals surface area (Å²) >= 11 is 1.90. The van der Waals surface area contributed by atoms with Crippen LogP contribution in [-0.2, 0) is 13.0 Å². The molecule has 18 heavy (non-hydrogen) atoms. The molecule has 0 spiro atoms. The molecular formula is C15H26N2S. The van der Waals surface area contributed by atoms with Gasteiger partial charge in [-0.25, -0.2) is 0 Å². The van der Waals surface area contributed by atoms with E-state index < -0.39 is 0 Å². The molecule has 1 saturated heterocycles. The molecule has 3 heteroatoms. The number of nitrogens with zero attached hydrogens (tertiary/aromatic N) is 1. The van der Waals surface area contributed by atoms with Crippen molar-refractivity contribution in [2.24, 2.45) is 0 Å². The Morgan fingerprint density at radius 2 is 2.11 bits per heavy atom. The topological polar surface area (TPSA) is 15.3 Å². The van der Waals surface area contributed by atoms with Gasteiger partial charge in [-0.1, -0.05) is 13.8 Å². The van der Waals surface area contributed by atoms with Crippen molar-refractivity contribution in [1.29, 1.82) is 0 Å². The molecule has 0 atom stereocenters. The van der Waals surface area contributed by atoms with E-state index in [1.165, 1.54) is 49.3 Å². The number of piperidine rings is 1. The summed E-state index contributed by atoms with van der Waals surface area (Å²) in [6.45, 7) is 9.41. The van der Waals surface area contributed by atoms with Crippen LogP contribution < -0.4 is 5.32 Å². The normalized spacial score (nSPS) is 18.3. The summed E-state index contributed by atoms with van der Waals surface area (Å²) in [4.78, 5) is 4.13. The van der Waals surface area contributed by atoms with Crippen LogP contribution in [0.3, 0.4) is 0 Å². The standard InChI is InChI=1S/C15H26N2S/c1-3-8-17-9-5-14(6-10-17)16-12-15-13(4-2)7-11-18-15/h7,11,14,16H,3-6,8-10,12H2,1-2H3. The quantitative estimate of drug-likeness (QED) is 0.850. The first-order valence-electron chi connectivity index (χ1n) is 7.34. The highest BCUT2D eigenvalue weighted by atomic mass is 32.1. The second-order valence-electron chi connectivity index (χ2n) is 5.22. The van der Waals surface area contributed by atoms with Crippen LogP contribution in [0.25, 0.3) is 0 Å². The Balaban J connectivity index is 1.72. The zero-order chi connectivity index (χ0) is 12.8. The van der Waals surface area contributed by atoms with Gasteiger partial charge in [0.15, 0.2) is 0 Å². The van der Waals surface area contributed by atoms with Crippen LogP contribution in [0.1, 0.15) is 43.6 Å². The summed E-state index contributed by atoms with van der Waals surface area (Å²) in [5, 5.41) is 5.97. The first kappa shape index (κ1) is 14.0. The fraction of sp³-hybridized carbons (Fsp3) is 0.733. The van der Waals surface area contributed by atoms with Crippen LogP contribution >= 0.6 is 11.3 Å². The second kappa shape index (κ2) is 7.27. The lowest BCUT2D eigenvalue weighted by molar-refractivity contribution is 0.197. The lowest BCUT2D eigenvalue weighted by Crippen LogP contribution is -2.42. The Kier molecular flexibility index (Phi) is 5.67. The molecule has 0 radical (unpaired) electrons. The molecule has 0 aliphatic carbocycles. The van der Waals surface area contributed by atoms with Gasteiger partial charge in [0.1, 0.15) is 0 Å². The smallest absolute Gasteiger partial charge is 0.0305 e. The molecule has 2 rings (SSSR count). The van der Waals surface area contributed by atoms with E-state index in [-0.39, 0.29) is 0 Å². The van der Waals surface area contributed by atoms with Crippen molar-refractivity contribution in [3.05, 3.63) is 21.9 Å². The number of aryl methyl sites for hydroxylation is 1. The monoisotopic (exact) mass is 266 g/mol. The fourth-order valence-electron chi connectivity index (χ4n) is 2.75. The molecule has 102 valence electrons. The number of nitrogens with one attached hydrogen (secondary N) is 1. The van der Waals surface area contributed by atoms with Crippen LogP contribution in [-0.4, -0.2) is 30.6 Å². The van der Waals surface area contributed by atoms with Gasteiger partial charge in [0.2, 0.25) is 0 Å². The molecule has 0 bridgehead atoms. The Morgan fingerprint density at radius 1 is 1.33 bits per heavy atom. The maximum Gasteiger partial charge on any atom is 0.0305 e. The van der Waals surface area contributed by atoms with Crippen molar-refractivity contribution < 1.29 is 0 Å². The Morgan fingerprint density at radius 3 is 2.78 bits per heavy atom. The summed E-state index contributed by atoms with van der Waals surface area (Å²) in [6, 6.07) is 3.00. The first-order chi connectivity index (χ1) is 8.83. The first-order valence-corrected chi connectivity index (χ1v) is 8.22. The number of hydrogen-bond acceptors (Lipinski definition) is 3. The van der Waals surface area contributed by atoms with E-state index in [1.807, 2.05) is 11.3 Å². The highest BCUT2D eigenvalue weighted by molar-refractivity contribution is 7.10. The van der Waals surface area contributed by atoms with E-state index in [2.05, 4.69) is 35.5 Å². The average Bonchev–Trinajstić information content (AvgIpc) is 2.86. The van der Waals surface area contributed by atoms with E-state index in [1.54, 1.807) is 0 Å². The maximum absolute atomic E-state index is 3.75. The molecule has 0 amide bonds. The van der Waals surface area contributed by atoms with Crippen LogP contribution in [0.4, 0.5) is 0 Å². The minimum Gasteiger partial charge on any atom is -0.309 e. The van der Waals surface area contributed by atoms with E-state index in [4.69, 9.17) is 0 Å². The van der Waals surface area contributed by atoms with Crippen molar-refractivity contribution in [1.82, 2.24) is 10.2 Å². The predicted molar refractivity (Wildman–Crippen MR) is 80.3 cm³/mol. The molecule has 0 aromatic carbocycles. The summed E-state index contributed by atoms with van der Waals surface area (Å²) in [6.07, 6.45) is 5.07. The molecule has 1 N–H and O–H groups in total. The third-order valence-corrected chi connectivity index (χ3v) is 4.86. The van der Waals surface area contributed by atoms with Crippen LogP contribution in [0.5, 0.6) is 0 Å². The molecule has 2 nitrogen and oxygen atoms in total. The van der Waals surface area contributed by atoms with Crippen molar-refractivity contribution in [3.8, 4) is 0 Å². The lowest BCUT2D eigenvalue weighted by Gasteiger charge is -2.32. The number of thiophene rings is 1. The molecule has 1 aliphatic rings. The van der Waals surface area contributed by atoms with Crippen molar-refractivity contribution in [2.75, 3.05) is 19.6 Å². The number of rotatable bonds is 6. The molecule has 0 saturated carbocycles. The third kappa shape index (κ3) is 3.81. The molecule has 1 aromatic rings. The lowest BCUT2D eigenvalue weighted by atomic mass is 10.0. The van der Waals surface area contributed by atoms with E-state index >= 15 is 0 Å². The Bertz CT molecular complexity index is 340. The SMILES string of the molecule is CCCN1CCC(NCc2sccc2CC)CC1. The largest absolute Gasteiger partial charge is 0.309 e. The minimum absolute atomic E-state index is 0.727. The third-order valence-electron chi connectivity index (χ3n) is 3.90. The molecular weight excluding hydrogens is 240 g/mol. The van der Waals surface area contributed by atoms with Gasteiger partial charge in [0.05, 0.1) is 0 Å². The zero-order valence-corrected chi connectivity index (χ0v) is 12.6.